The number of nitrogens with two attached hydrogens (primary N) is 1. The molecule has 0 bridgehead atoms. The highest BCUT2D eigenvalue weighted by atomic mass is 16.1. The molecule has 0 aliphatic carbocycles. The van der Waals surface area contributed by atoms with Crippen LogP contribution in [0.5, 0.6) is 0 Å². The molecule has 3 aromatic carbocycles. The van der Waals surface area contributed by atoms with E-state index in [1.165, 1.54) is 0 Å². The molecule has 2 aromatic heterocycles. The van der Waals surface area contributed by atoms with Crippen molar-refractivity contribution in [1.82, 2.24) is 20.0 Å². The van der Waals surface area contributed by atoms with Crippen LogP contribution in [0.3, 0.4) is 0 Å². The van der Waals surface area contributed by atoms with Crippen LogP contribution < -0.4 is 11.3 Å². The van der Waals surface area contributed by atoms with Crippen LogP contribution in [0.25, 0.3) is 43.9 Å². The molecule has 0 aliphatic rings. The lowest BCUT2D eigenvalue weighted by Gasteiger charge is -2.15. The van der Waals surface area contributed by atoms with Gasteiger partial charge in [0, 0.05) is 35.5 Å². The van der Waals surface area contributed by atoms with E-state index in [-0.39, 0.29) is 12.1 Å². The fourth-order valence-corrected chi connectivity index (χ4v) is 4.40. The minimum atomic E-state index is -0.257. The van der Waals surface area contributed by atoms with Crippen LogP contribution in [0.4, 0.5) is 0 Å². The Hall–Kier alpha value is -4.28. The van der Waals surface area contributed by atoms with Gasteiger partial charge in [0.25, 0.3) is 5.56 Å². The van der Waals surface area contributed by atoms with Crippen LogP contribution in [0.2, 0.25) is 0 Å². The van der Waals surface area contributed by atoms with E-state index in [0.29, 0.717) is 22.0 Å². The maximum Gasteiger partial charge on any atom is 0.272 e. The second kappa shape index (κ2) is 7.45. The minimum Gasteiger partial charge on any atom is -0.325 e. The zero-order valence-electron chi connectivity index (χ0n) is 17.7. The Kier molecular flexibility index (Phi) is 4.58. The first kappa shape index (κ1) is 19.7. The van der Waals surface area contributed by atoms with E-state index >= 15 is 0 Å². The molecule has 0 spiro atoms. The first-order valence-electron chi connectivity index (χ1n) is 10.2. The summed E-state index contributed by atoms with van der Waals surface area (Å²) in [6.07, 6.45) is 1.79. The molecule has 0 unspecified atom stereocenters. The average molecular weight is 420 g/mol. The van der Waals surface area contributed by atoms with Gasteiger partial charge in [0.1, 0.15) is 6.07 Å². The number of benzene rings is 3. The molecule has 0 amide bonds. The number of nitriles is 1. The van der Waals surface area contributed by atoms with Crippen LogP contribution in [0.15, 0.2) is 59.5 Å². The second-order valence-corrected chi connectivity index (χ2v) is 7.77. The minimum absolute atomic E-state index is 0.207. The predicted octanol–water partition coefficient (Wildman–Crippen LogP) is 3.78. The monoisotopic (exact) mass is 420 g/mol. The van der Waals surface area contributed by atoms with Crippen LogP contribution in [-0.2, 0) is 13.6 Å². The van der Waals surface area contributed by atoms with Gasteiger partial charge in [-0.1, -0.05) is 36.4 Å². The van der Waals surface area contributed by atoms with Crippen molar-refractivity contribution in [1.29, 1.82) is 5.26 Å². The fourth-order valence-electron chi connectivity index (χ4n) is 4.40. The van der Waals surface area contributed by atoms with E-state index in [1.54, 1.807) is 16.9 Å². The summed E-state index contributed by atoms with van der Waals surface area (Å²) >= 11 is 0. The highest BCUT2D eigenvalue weighted by Gasteiger charge is 2.21. The zero-order valence-corrected chi connectivity index (χ0v) is 17.7. The summed E-state index contributed by atoms with van der Waals surface area (Å²) in [7, 11) is 1.87. The Balaban J connectivity index is 1.82. The molecule has 5 aromatic rings. The van der Waals surface area contributed by atoms with Gasteiger partial charge in [-0.05, 0) is 35.6 Å². The maximum atomic E-state index is 12.2. The first-order valence-corrected chi connectivity index (χ1v) is 10.2. The highest BCUT2D eigenvalue weighted by Crippen LogP contribution is 2.39. The van der Waals surface area contributed by atoms with Gasteiger partial charge in [-0.2, -0.15) is 15.5 Å². The fraction of sp³-hybridized carbons (Fsp3) is 0.120. The quantitative estimate of drug-likeness (QED) is 0.461. The van der Waals surface area contributed by atoms with E-state index in [1.807, 2.05) is 50.4 Å². The number of nitrogens with zero attached hydrogens (tertiary/aromatic N) is 4. The lowest BCUT2D eigenvalue weighted by atomic mass is 9.90. The molecule has 0 radical (unpaired) electrons. The van der Waals surface area contributed by atoms with Gasteiger partial charge >= 0.3 is 0 Å². The molecule has 2 heterocycles. The number of aromatic nitrogens is 4. The molecule has 0 atom stereocenters. The third-order valence-corrected chi connectivity index (χ3v) is 5.91. The Labute approximate surface area is 183 Å². The number of aromatic amines is 1. The maximum absolute atomic E-state index is 12.2. The van der Waals surface area contributed by atoms with Crippen molar-refractivity contribution in [3.05, 3.63) is 81.9 Å². The number of hydrogen-bond donors (Lipinski definition) is 2. The third kappa shape index (κ3) is 2.89. The SMILES string of the molecule is Cc1cc2ccccc2c(C#N)c1-c1c(-c2ccc3c(=O)[nH]nc(CN)c3c2)cnn1C. The molecule has 156 valence electrons. The molecular weight excluding hydrogens is 400 g/mol. The van der Waals surface area contributed by atoms with Crippen molar-refractivity contribution in [2.45, 2.75) is 13.5 Å². The molecular formula is C25H20N6O. The lowest BCUT2D eigenvalue weighted by molar-refractivity contribution is 0.775. The van der Waals surface area contributed by atoms with Gasteiger partial charge in [0.2, 0.25) is 0 Å². The van der Waals surface area contributed by atoms with E-state index < -0.39 is 0 Å². The molecule has 3 N–H and O–H groups in total. The van der Waals surface area contributed by atoms with E-state index in [9.17, 15) is 10.1 Å². The second-order valence-electron chi connectivity index (χ2n) is 7.77. The number of hydrogen-bond acceptors (Lipinski definition) is 5. The van der Waals surface area contributed by atoms with Crippen molar-refractivity contribution in [3.63, 3.8) is 0 Å². The van der Waals surface area contributed by atoms with Gasteiger partial charge in [-0.25, -0.2) is 5.10 Å². The third-order valence-electron chi connectivity index (χ3n) is 5.91. The summed E-state index contributed by atoms with van der Waals surface area (Å²) in [6, 6.07) is 18.0. The Morgan fingerprint density at radius 1 is 1.12 bits per heavy atom. The number of aryl methyl sites for hydroxylation is 2. The van der Waals surface area contributed by atoms with Crippen molar-refractivity contribution in [2.24, 2.45) is 12.8 Å². The van der Waals surface area contributed by atoms with E-state index in [0.717, 1.165) is 38.7 Å². The van der Waals surface area contributed by atoms with Gasteiger partial charge in [0.15, 0.2) is 0 Å². The zero-order chi connectivity index (χ0) is 22.4. The molecule has 7 nitrogen and oxygen atoms in total. The van der Waals surface area contributed by atoms with Crippen LogP contribution in [-0.4, -0.2) is 20.0 Å². The van der Waals surface area contributed by atoms with Crippen LogP contribution in [0, 0.1) is 18.3 Å². The number of H-pyrrole nitrogens is 1. The summed E-state index contributed by atoms with van der Waals surface area (Å²) in [6.45, 7) is 2.22. The van der Waals surface area contributed by atoms with Crippen molar-refractivity contribution in [3.8, 4) is 28.5 Å². The number of nitrogens with one attached hydrogen (secondary N) is 1. The van der Waals surface area contributed by atoms with E-state index in [4.69, 9.17) is 5.73 Å². The summed E-state index contributed by atoms with van der Waals surface area (Å²) in [5, 5.41) is 24.4. The van der Waals surface area contributed by atoms with Crippen LogP contribution in [0.1, 0.15) is 16.8 Å². The van der Waals surface area contributed by atoms with Gasteiger partial charge in [-0.3, -0.25) is 9.48 Å². The van der Waals surface area contributed by atoms with Crippen molar-refractivity contribution >= 4 is 21.5 Å². The number of rotatable bonds is 3. The Morgan fingerprint density at radius 2 is 1.94 bits per heavy atom. The van der Waals surface area contributed by atoms with Gasteiger partial charge in [-0.15, -0.1) is 0 Å². The topological polar surface area (TPSA) is 113 Å². The van der Waals surface area contributed by atoms with Crippen molar-refractivity contribution in [2.75, 3.05) is 0 Å². The lowest BCUT2D eigenvalue weighted by Crippen LogP contribution is -2.13. The average Bonchev–Trinajstić information content (AvgIpc) is 3.19. The van der Waals surface area contributed by atoms with E-state index in [2.05, 4.69) is 27.4 Å². The smallest absolute Gasteiger partial charge is 0.272 e. The molecule has 0 saturated carbocycles. The van der Waals surface area contributed by atoms with Crippen molar-refractivity contribution < 1.29 is 0 Å². The summed E-state index contributed by atoms with van der Waals surface area (Å²) < 4.78 is 1.79. The van der Waals surface area contributed by atoms with Gasteiger partial charge < -0.3 is 5.73 Å². The predicted molar refractivity (Wildman–Crippen MR) is 125 cm³/mol. The van der Waals surface area contributed by atoms with Crippen LogP contribution >= 0.6 is 0 Å². The molecule has 0 aliphatic heterocycles. The number of fused-ring (bicyclic) bond motifs is 2. The molecule has 0 saturated heterocycles. The molecule has 5 rings (SSSR count). The highest BCUT2D eigenvalue weighted by molar-refractivity contribution is 5.99. The Bertz CT molecular complexity index is 1620. The summed E-state index contributed by atoms with van der Waals surface area (Å²) in [5.74, 6) is 0. The first-order chi connectivity index (χ1) is 15.5. The summed E-state index contributed by atoms with van der Waals surface area (Å²) in [5.41, 5.74) is 11.3. The molecule has 0 fully saturated rings. The molecule has 32 heavy (non-hydrogen) atoms. The summed E-state index contributed by atoms with van der Waals surface area (Å²) in [4.78, 5) is 12.2. The normalized spacial score (nSPS) is 11.2. The molecule has 7 heteroatoms. The standard InChI is InChI=1S/C25H20N6O/c1-14-9-15-5-3-4-6-17(15)20(11-26)23(14)24-21(13-28-31(24)2)16-7-8-18-19(10-16)22(12-27)29-30-25(18)32/h3-10,13H,12,27H2,1-2H3,(H,30,32). The Morgan fingerprint density at radius 3 is 2.72 bits per heavy atom. The van der Waals surface area contributed by atoms with Gasteiger partial charge in [0.05, 0.1) is 28.5 Å². The largest absolute Gasteiger partial charge is 0.325 e.